The molecule has 0 aromatic rings. The maximum Gasteiger partial charge on any atom is 0.329 e. The van der Waals surface area contributed by atoms with Gasteiger partial charge >= 0.3 is 5.97 Å². The molecule has 3 nitrogen and oxygen atoms in total. The number of carboxylic acid groups (broad SMARTS) is 1. The molecule has 0 radical (unpaired) electrons. The quantitative estimate of drug-likeness (QED) is 0.719. The first-order chi connectivity index (χ1) is 7.15. The maximum atomic E-state index is 10.4. The molecule has 3 heteroatoms. The van der Waals surface area contributed by atoms with Crippen LogP contribution in [0, 0.1) is 17.8 Å². The molecule has 0 spiro atoms. The zero-order valence-electron chi connectivity index (χ0n) is 9.22. The van der Waals surface area contributed by atoms with Crippen molar-refractivity contribution in [2.75, 3.05) is 13.6 Å². The summed E-state index contributed by atoms with van der Waals surface area (Å²) in [5.74, 6) is 1.81. The summed E-state index contributed by atoms with van der Waals surface area (Å²) in [5, 5.41) is 8.51. The molecular weight excluding hydrogens is 190 g/mol. The third-order valence-electron chi connectivity index (χ3n) is 3.88. The van der Waals surface area contributed by atoms with Crippen LogP contribution in [0.15, 0.2) is 12.3 Å². The van der Waals surface area contributed by atoms with Crippen molar-refractivity contribution in [1.29, 1.82) is 0 Å². The molecule has 3 unspecified atom stereocenters. The Bertz CT molecular complexity index is 275. The van der Waals surface area contributed by atoms with Gasteiger partial charge in [-0.2, -0.15) is 0 Å². The van der Waals surface area contributed by atoms with E-state index in [0.717, 1.165) is 24.3 Å². The minimum atomic E-state index is -0.866. The van der Waals surface area contributed by atoms with Gasteiger partial charge in [-0.1, -0.05) is 6.42 Å². The topological polar surface area (TPSA) is 40.5 Å². The fourth-order valence-electron chi connectivity index (χ4n) is 3.22. The van der Waals surface area contributed by atoms with Gasteiger partial charge in [-0.3, -0.25) is 0 Å². The first kappa shape index (κ1) is 10.5. The normalized spacial score (nSPS) is 33.8. The Balaban J connectivity index is 1.79. The van der Waals surface area contributed by atoms with Crippen molar-refractivity contribution in [2.24, 2.45) is 17.8 Å². The fraction of sp³-hybridized carbons (Fsp3) is 0.750. The molecule has 2 saturated carbocycles. The number of fused-ring (bicyclic) bond motifs is 2. The number of nitrogens with zero attached hydrogens (tertiary/aromatic N) is 1. The Hall–Kier alpha value is -0.990. The van der Waals surface area contributed by atoms with Crippen molar-refractivity contribution >= 4 is 5.97 Å². The van der Waals surface area contributed by atoms with E-state index in [9.17, 15) is 4.79 Å². The second-order valence-electron chi connectivity index (χ2n) is 5.03. The molecular formula is C12H19NO2. The first-order valence-corrected chi connectivity index (χ1v) is 5.76. The average molecular weight is 209 g/mol. The van der Waals surface area contributed by atoms with E-state index in [1.807, 2.05) is 11.9 Å². The highest BCUT2D eigenvalue weighted by molar-refractivity contribution is 5.79. The van der Waals surface area contributed by atoms with Crippen LogP contribution in [-0.2, 0) is 4.79 Å². The highest BCUT2D eigenvalue weighted by Gasteiger charge is 2.39. The van der Waals surface area contributed by atoms with Gasteiger partial charge in [-0.25, -0.2) is 4.79 Å². The largest absolute Gasteiger partial charge is 0.478 e. The van der Waals surface area contributed by atoms with E-state index in [2.05, 4.69) is 0 Å². The second kappa shape index (κ2) is 4.25. The van der Waals surface area contributed by atoms with Gasteiger partial charge in [0.1, 0.15) is 0 Å². The van der Waals surface area contributed by atoms with Crippen molar-refractivity contribution in [3.05, 3.63) is 12.3 Å². The third kappa shape index (κ3) is 2.52. The molecule has 3 atom stereocenters. The van der Waals surface area contributed by atoms with E-state index in [1.165, 1.54) is 31.8 Å². The van der Waals surface area contributed by atoms with Crippen molar-refractivity contribution < 1.29 is 9.90 Å². The minimum Gasteiger partial charge on any atom is -0.478 e. The number of carboxylic acids is 1. The third-order valence-corrected chi connectivity index (χ3v) is 3.88. The molecule has 2 fully saturated rings. The molecule has 0 aromatic carbocycles. The molecule has 2 rings (SSSR count). The number of carbonyl (C=O) groups is 1. The van der Waals surface area contributed by atoms with E-state index < -0.39 is 5.97 Å². The molecule has 84 valence electrons. The smallest absolute Gasteiger partial charge is 0.329 e. The molecule has 2 aliphatic carbocycles. The van der Waals surface area contributed by atoms with Crippen molar-refractivity contribution in [1.82, 2.24) is 4.90 Å². The van der Waals surface area contributed by atoms with Gasteiger partial charge in [0.2, 0.25) is 0 Å². The highest BCUT2D eigenvalue weighted by Crippen LogP contribution is 2.48. The van der Waals surface area contributed by atoms with Crippen molar-refractivity contribution in [3.8, 4) is 0 Å². The molecule has 0 aromatic heterocycles. The minimum absolute atomic E-state index is 0.798. The SMILES string of the molecule is CN(C=CC(=O)O)CC1CC2CCC1C2. The maximum absolute atomic E-state index is 10.4. The van der Waals surface area contributed by atoms with E-state index in [1.54, 1.807) is 6.20 Å². The lowest BCUT2D eigenvalue weighted by atomic mass is 9.88. The molecule has 15 heavy (non-hydrogen) atoms. The van der Waals surface area contributed by atoms with Crippen LogP contribution in [0.25, 0.3) is 0 Å². The van der Waals surface area contributed by atoms with Gasteiger partial charge < -0.3 is 10.0 Å². The van der Waals surface area contributed by atoms with Gasteiger partial charge in [-0.15, -0.1) is 0 Å². The van der Waals surface area contributed by atoms with Crippen molar-refractivity contribution in [3.63, 3.8) is 0 Å². The number of aliphatic carboxylic acids is 1. The number of hydrogen-bond donors (Lipinski definition) is 1. The number of hydrogen-bond acceptors (Lipinski definition) is 2. The summed E-state index contributed by atoms with van der Waals surface area (Å²) in [5.41, 5.74) is 0. The molecule has 2 bridgehead atoms. The molecule has 0 saturated heterocycles. The summed E-state index contributed by atoms with van der Waals surface area (Å²) in [6.45, 7) is 1.02. The van der Waals surface area contributed by atoms with Gasteiger partial charge in [0, 0.05) is 25.9 Å². The summed E-state index contributed by atoms with van der Waals surface area (Å²) in [6, 6.07) is 0. The Morgan fingerprint density at radius 1 is 1.47 bits per heavy atom. The van der Waals surface area contributed by atoms with Crippen LogP contribution in [0.1, 0.15) is 25.7 Å². The summed E-state index contributed by atoms with van der Waals surface area (Å²) in [6.07, 6.45) is 8.49. The van der Waals surface area contributed by atoms with Crippen LogP contribution in [0.3, 0.4) is 0 Å². The van der Waals surface area contributed by atoms with E-state index in [4.69, 9.17) is 5.11 Å². The van der Waals surface area contributed by atoms with Gasteiger partial charge in [-0.05, 0) is 37.0 Å². The van der Waals surface area contributed by atoms with Crippen molar-refractivity contribution in [2.45, 2.75) is 25.7 Å². The Kier molecular flexibility index (Phi) is 2.98. The van der Waals surface area contributed by atoms with Gasteiger partial charge in [0.25, 0.3) is 0 Å². The molecule has 0 amide bonds. The van der Waals surface area contributed by atoms with E-state index in [0.29, 0.717) is 0 Å². The molecule has 0 heterocycles. The van der Waals surface area contributed by atoms with Crippen LogP contribution in [0.4, 0.5) is 0 Å². The van der Waals surface area contributed by atoms with Crippen LogP contribution < -0.4 is 0 Å². The Morgan fingerprint density at radius 3 is 2.80 bits per heavy atom. The molecule has 0 aliphatic heterocycles. The molecule has 1 N–H and O–H groups in total. The lowest BCUT2D eigenvalue weighted by Gasteiger charge is -2.26. The van der Waals surface area contributed by atoms with Crippen LogP contribution >= 0.6 is 0 Å². The Labute approximate surface area is 90.8 Å². The Morgan fingerprint density at radius 2 is 2.27 bits per heavy atom. The van der Waals surface area contributed by atoms with Crippen LogP contribution in [0.5, 0.6) is 0 Å². The van der Waals surface area contributed by atoms with Crippen LogP contribution in [0.2, 0.25) is 0 Å². The van der Waals surface area contributed by atoms with Gasteiger partial charge in [0.15, 0.2) is 0 Å². The predicted octanol–water partition coefficient (Wildman–Crippen LogP) is 1.95. The number of rotatable bonds is 4. The predicted molar refractivity (Wildman–Crippen MR) is 58.3 cm³/mol. The summed E-state index contributed by atoms with van der Waals surface area (Å²) < 4.78 is 0. The monoisotopic (exact) mass is 209 g/mol. The summed E-state index contributed by atoms with van der Waals surface area (Å²) >= 11 is 0. The molecule has 2 aliphatic rings. The summed E-state index contributed by atoms with van der Waals surface area (Å²) in [7, 11) is 1.96. The zero-order chi connectivity index (χ0) is 10.8. The van der Waals surface area contributed by atoms with E-state index in [-0.39, 0.29) is 0 Å². The van der Waals surface area contributed by atoms with Crippen LogP contribution in [-0.4, -0.2) is 29.6 Å². The van der Waals surface area contributed by atoms with Gasteiger partial charge in [0.05, 0.1) is 0 Å². The van der Waals surface area contributed by atoms with E-state index >= 15 is 0 Å². The zero-order valence-corrected chi connectivity index (χ0v) is 9.22. The lowest BCUT2D eigenvalue weighted by molar-refractivity contribution is -0.131. The average Bonchev–Trinajstić information content (AvgIpc) is 2.76. The fourth-order valence-corrected chi connectivity index (χ4v) is 3.22. The highest BCUT2D eigenvalue weighted by atomic mass is 16.4. The first-order valence-electron chi connectivity index (χ1n) is 5.76. The lowest BCUT2D eigenvalue weighted by Crippen LogP contribution is -2.25. The standard InChI is InChI=1S/C12H19NO2/c1-13(5-4-12(14)15)8-11-7-9-2-3-10(11)6-9/h4-5,9-11H,2-3,6-8H2,1H3,(H,14,15). The summed E-state index contributed by atoms with van der Waals surface area (Å²) in [4.78, 5) is 12.4. The second-order valence-corrected chi connectivity index (χ2v) is 5.03.